The van der Waals surface area contributed by atoms with Gasteiger partial charge >= 0.3 is 0 Å². The maximum absolute atomic E-state index is 12.3. The number of hydrogen-bond acceptors (Lipinski definition) is 4. The standard InChI is InChI=1S/C19H18N2O4/c1-13-11-14(6-8-16(13)24-2)20-19(23)17-9-7-15(25-17)12-21-10-4-3-5-18(21)22/h3-11H,12H2,1-2H3,(H,20,23). The molecule has 0 aliphatic carbocycles. The first-order chi connectivity index (χ1) is 12.1. The van der Waals surface area contributed by atoms with E-state index in [1.807, 2.05) is 13.0 Å². The van der Waals surface area contributed by atoms with E-state index in [2.05, 4.69) is 5.32 Å². The summed E-state index contributed by atoms with van der Waals surface area (Å²) in [5.41, 5.74) is 1.45. The maximum atomic E-state index is 12.3. The molecule has 25 heavy (non-hydrogen) atoms. The topological polar surface area (TPSA) is 73.5 Å². The van der Waals surface area contributed by atoms with Crippen LogP contribution < -0.4 is 15.6 Å². The summed E-state index contributed by atoms with van der Waals surface area (Å²) in [6, 6.07) is 13.6. The van der Waals surface area contributed by atoms with Crippen molar-refractivity contribution in [2.45, 2.75) is 13.5 Å². The monoisotopic (exact) mass is 338 g/mol. The second-order valence-corrected chi connectivity index (χ2v) is 5.57. The lowest BCUT2D eigenvalue weighted by Crippen LogP contribution is -2.18. The van der Waals surface area contributed by atoms with Gasteiger partial charge in [-0.15, -0.1) is 0 Å². The number of nitrogens with one attached hydrogen (secondary N) is 1. The van der Waals surface area contributed by atoms with Crippen molar-refractivity contribution in [2.24, 2.45) is 0 Å². The van der Waals surface area contributed by atoms with Gasteiger partial charge in [0.2, 0.25) is 0 Å². The van der Waals surface area contributed by atoms with E-state index in [1.54, 1.807) is 49.7 Å². The molecule has 0 fully saturated rings. The Balaban J connectivity index is 1.71. The number of carbonyl (C=O) groups excluding carboxylic acids is 1. The molecule has 1 amide bonds. The zero-order valence-electron chi connectivity index (χ0n) is 14.0. The van der Waals surface area contributed by atoms with Gasteiger partial charge in [0.25, 0.3) is 11.5 Å². The lowest BCUT2D eigenvalue weighted by atomic mass is 10.2. The van der Waals surface area contributed by atoms with Gasteiger partial charge in [-0.05, 0) is 48.9 Å². The molecule has 2 heterocycles. The van der Waals surface area contributed by atoms with Crippen LogP contribution in [-0.2, 0) is 6.54 Å². The van der Waals surface area contributed by atoms with E-state index in [0.29, 0.717) is 11.4 Å². The molecule has 0 unspecified atom stereocenters. The van der Waals surface area contributed by atoms with E-state index in [4.69, 9.17) is 9.15 Å². The fourth-order valence-corrected chi connectivity index (χ4v) is 2.49. The first-order valence-electron chi connectivity index (χ1n) is 7.77. The Hall–Kier alpha value is -3.28. The van der Waals surface area contributed by atoms with E-state index in [1.165, 1.54) is 10.6 Å². The van der Waals surface area contributed by atoms with Crippen LogP contribution in [0.3, 0.4) is 0 Å². The highest BCUT2D eigenvalue weighted by Crippen LogP contribution is 2.22. The highest BCUT2D eigenvalue weighted by Gasteiger charge is 2.12. The lowest BCUT2D eigenvalue weighted by Gasteiger charge is -2.08. The summed E-state index contributed by atoms with van der Waals surface area (Å²) in [5.74, 6) is 1.12. The Kier molecular flexibility index (Phi) is 4.70. The number of benzene rings is 1. The molecular weight excluding hydrogens is 320 g/mol. The molecule has 0 atom stereocenters. The third-order valence-electron chi connectivity index (χ3n) is 3.76. The van der Waals surface area contributed by atoms with Gasteiger partial charge in [0.15, 0.2) is 5.76 Å². The third kappa shape index (κ3) is 3.80. The molecule has 1 aromatic carbocycles. The molecule has 3 aromatic rings. The molecule has 0 aliphatic heterocycles. The van der Waals surface area contributed by atoms with E-state index in [9.17, 15) is 9.59 Å². The first-order valence-corrected chi connectivity index (χ1v) is 7.77. The van der Waals surface area contributed by atoms with Crippen LogP contribution >= 0.6 is 0 Å². The molecule has 0 aliphatic rings. The van der Waals surface area contributed by atoms with E-state index >= 15 is 0 Å². The SMILES string of the molecule is COc1ccc(NC(=O)c2ccc(Cn3ccccc3=O)o2)cc1C. The normalized spacial score (nSPS) is 10.5. The van der Waals surface area contributed by atoms with Crippen molar-refractivity contribution in [1.29, 1.82) is 0 Å². The summed E-state index contributed by atoms with van der Waals surface area (Å²) in [5, 5.41) is 2.78. The average molecular weight is 338 g/mol. The van der Waals surface area contributed by atoms with Gasteiger partial charge in [-0.1, -0.05) is 6.07 Å². The van der Waals surface area contributed by atoms with E-state index in [-0.39, 0.29) is 23.8 Å². The van der Waals surface area contributed by atoms with Gasteiger partial charge in [0.05, 0.1) is 13.7 Å². The van der Waals surface area contributed by atoms with Crippen LogP contribution in [0.2, 0.25) is 0 Å². The van der Waals surface area contributed by atoms with Crippen molar-refractivity contribution < 1.29 is 13.9 Å². The predicted octanol–water partition coefficient (Wildman–Crippen LogP) is 3.06. The van der Waals surface area contributed by atoms with Gasteiger partial charge in [-0.3, -0.25) is 9.59 Å². The van der Waals surface area contributed by atoms with Crippen molar-refractivity contribution in [3.63, 3.8) is 0 Å². The van der Waals surface area contributed by atoms with Crippen LogP contribution in [0, 0.1) is 6.92 Å². The van der Waals surface area contributed by atoms with Crippen LogP contribution in [0.4, 0.5) is 5.69 Å². The number of pyridine rings is 1. The number of ether oxygens (including phenoxy) is 1. The van der Waals surface area contributed by atoms with Crippen molar-refractivity contribution in [2.75, 3.05) is 12.4 Å². The fraction of sp³-hybridized carbons (Fsp3) is 0.158. The molecule has 3 rings (SSSR count). The second kappa shape index (κ2) is 7.09. The quantitative estimate of drug-likeness (QED) is 0.776. The van der Waals surface area contributed by atoms with Crippen LogP contribution in [0.1, 0.15) is 21.9 Å². The number of amides is 1. The number of aryl methyl sites for hydroxylation is 1. The van der Waals surface area contributed by atoms with E-state index in [0.717, 1.165) is 11.3 Å². The van der Waals surface area contributed by atoms with Crippen LogP contribution in [0.25, 0.3) is 0 Å². The van der Waals surface area contributed by atoms with Gasteiger partial charge in [0.1, 0.15) is 11.5 Å². The number of anilines is 1. The smallest absolute Gasteiger partial charge is 0.291 e. The van der Waals surface area contributed by atoms with Gasteiger partial charge in [0, 0.05) is 18.0 Å². The minimum absolute atomic E-state index is 0.126. The third-order valence-corrected chi connectivity index (χ3v) is 3.76. The first kappa shape index (κ1) is 16.6. The number of hydrogen-bond donors (Lipinski definition) is 1. The summed E-state index contributed by atoms with van der Waals surface area (Å²) < 4.78 is 12.3. The lowest BCUT2D eigenvalue weighted by molar-refractivity contribution is 0.0994. The molecule has 128 valence electrons. The number of rotatable bonds is 5. The highest BCUT2D eigenvalue weighted by atomic mass is 16.5. The second-order valence-electron chi connectivity index (χ2n) is 5.57. The molecule has 0 saturated carbocycles. The summed E-state index contributed by atoms with van der Waals surface area (Å²) in [4.78, 5) is 24.0. The summed E-state index contributed by atoms with van der Waals surface area (Å²) >= 11 is 0. The van der Waals surface area contributed by atoms with Crippen molar-refractivity contribution in [3.05, 3.63) is 82.2 Å². The summed E-state index contributed by atoms with van der Waals surface area (Å²) in [7, 11) is 1.60. The van der Waals surface area contributed by atoms with Gasteiger partial charge in [-0.2, -0.15) is 0 Å². The molecule has 0 saturated heterocycles. The molecule has 0 radical (unpaired) electrons. The zero-order valence-corrected chi connectivity index (χ0v) is 14.0. The van der Waals surface area contributed by atoms with Crippen molar-refractivity contribution in [1.82, 2.24) is 4.57 Å². The Morgan fingerprint density at radius 3 is 2.76 bits per heavy atom. The Bertz CT molecular complexity index is 956. The maximum Gasteiger partial charge on any atom is 0.291 e. The number of aromatic nitrogens is 1. The zero-order chi connectivity index (χ0) is 17.8. The number of methoxy groups -OCH3 is 1. The van der Waals surface area contributed by atoms with Crippen molar-refractivity contribution in [3.8, 4) is 5.75 Å². The van der Waals surface area contributed by atoms with Crippen molar-refractivity contribution >= 4 is 11.6 Å². The number of carbonyl (C=O) groups is 1. The highest BCUT2D eigenvalue weighted by molar-refractivity contribution is 6.02. The van der Waals surface area contributed by atoms with Gasteiger partial charge in [-0.25, -0.2) is 0 Å². The minimum atomic E-state index is -0.351. The van der Waals surface area contributed by atoms with Crippen LogP contribution in [0.5, 0.6) is 5.75 Å². The van der Waals surface area contributed by atoms with Crippen LogP contribution in [0.15, 0.2) is 63.9 Å². The Morgan fingerprint density at radius 2 is 2.04 bits per heavy atom. The molecule has 6 heteroatoms. The fourth-order valence-electron chi connectivity index (χ4n) is 2.49. The largest absolute Gasteiger partial charge is 0.496 e. The Labute approximate surface area is 144 Å². The van der Waals surface area contributed by atoms with Crippen LogP contribution in [-0.4, -0.2) is 17.6 Å². The molecule has 2 aromatic heterocycles. The average Bonchev–Trinajstić information content (AvgIpc) is 3.06. The number of furan rings is 1. The molecule has 1 N–H and O–H groups in total. The summed E-state index contributed by atoms with van der Waals surface area (Å²) in [6.07, 6.45) is 1.67. The molecular formula is C19H18N2O4. The molecule has 6 nitrogen and oxygen atoms in total. The molecule has 0 spiro atoms. The number of nitrogens with zero attached hydrogens (tertiary/aromatic N) is 1. The minimum Gasteiger partial charge on any atom is -0.496 e. The Morgan fingerprint density at radius 1 is 1.20 bits per heavy atom. The van der Waals surface area contributed by atoms with Gasteiger partial charge < -0.3 is 19.0 Å². The predicted molar refractivity (Wildman–Crippen MR) is 94.2 cm³/mol. The molecule has 0 bridgehead atoms. The summed E-state index contributed by atoms with van der Waals surface area (Å²) in [6.45, 7) is 2.17. The van der Waals surface area contributed by atoms with E-state index < -0.39 is 0 Å².